The van der Waals surface area contributed by atoms with Gasteiger partial charge in [-0.15, -0.1) is 0 Å². The zero-order valence-corrected chi connectivity index (χ0v) is 20.1. The Morgan fingerprint density at radius 2 is 1.85 bits per heavy atom. The quantitative estimate of drug-likeness (QED) is 0.381. The van der Waals surface area contributed by atoms with Crippen LogP contribution in [-0.4, -0.2) is 58.3 Å². The maximum Gasteiger partial charge on any atom is 0.348 e. The SMILES string of the molecule is Cc1nn(C)cc1C(=O)Oc1c(C(=O)c2ccc(S(C)(=O)=O)c(C3=NOCC3)c2C)cnn1C. The largest absolute Gasteiger partial charge is 0.403 e. The molecule has 3 aromatic rings. The molecule has 0 fully saturated rings. The maximum atomic E-state index is 13.5. The normalized spacial score (nSPS) is 13.5. The molecule has 0 bridgehead atoms. The molecule has 178 valence electrons. The molecule has 2 aromatic heterocycles. The van der Waals surface area contributed by atoms with Crippen molar-refractivity contribution in [2.45, 2.75) is 25.2 Å². The fourth-order valence-electron chi connectivity index (χ4n) is 3.87. The number of aromatic nitrogens is 4. The van der Waals surface area contributed by atoms with Gasteiger partial charge in [-0.2, -0.15) is 10.2 Å². The van der Waals surface area contributed by atoms with Crippen LogP contribution in [0.5, 0.6) is 5.88 Å². The molecule has 3 heterocycles. The lowest BCUT2D eigenvalue weighted by atomic mass is 9.93. The summed E-state index contributed by atoms with van der Waals surface area (Å²) in [6.45, 7) is 3.65. The van der Waals surface area contributed by atoms with E-state index < -0.39 is 21.6 Å². The number of aryl methyl sites for hydroxylation is 3. The van der Waals surface area contributed by atoms with Gasteiger partial charge in [-0.3, -0.25) is 9.48 Å². The van der Waals surface area contributed by atoms with Crippen molar-refractivity contribution in [3.8, 4) is 5.88 Å². The van der Waals surface area contributed by atoms with Crippen molar-refractivity contribution in [3.05, 3.63) is 58.0 Å². The standard InChI is InChI=1S/C22H23N5O6S/c1-12-14(6-7-18(34(5,30)31)19(12)17-8-9-32-25-17)20(28)15-10-23-27(4)21(15)33-22(29)16-11-26(3)24-13(16)2/h6-7,10-11H,8-9H2,1-5H3. The molecule has 0 N–H and O–H groups in total. The predicted octanol–water partition coefficient (Wildman–Crippen LogP) is 1.75. The number of rotatable bonds is 6. The number of carbonyl (C=O) groups is 2. The predicted molar refractivity (Wildman–Crippen MR) is 121 cm³/mol. The van der Waals surface area contributed by atoms with Crippen molar-refractivity contribution < 1.29 is 27.6 Å². The Balaban J connectivity index is 1.77. The second-order valence-corrected chi connectivity index (χ2v) is 10.00. The first-order valence-electron chi connectivity index (χ1n) is 10.3. The van der Waals surface area contributed by atoms with Gasteiger partial charge in [0.05, 0.1) is 22.5 Å². The number of benzene rings is 1. The Kier molecular flexibility index (Phi) is 5.86. The van der Waals surface area contributed by atoms with E-state index in [-0.39, 0.29) is 27.5 Å². The van der Waals surface area contributed by atoms with Crippen molar-refractivity contribution in [2.24, 2.45) is 19.3 Å². The first kappa shape index (κ1) is 23.4. The number of carbonyl (C=O) groups excluding carboxylic acids is 2. The third-order valence-electron chi connectivity index (χ3n) is 5.52. The summed E-state index contributed by atoms with van der Waals surface area (Å²) in [5.74, 6) is -1.18. The molecule has 0 spiro atoms. The van der Waals surface area contributed by atoms with Crippen LogP contribution in [0.25, 0.3) is 0 Å². The summed E-state index contributed by atoms with van der Waals surface area (Å²) in [6, 6.07) is 2.82. The second kappa shape index (κ2) is 8.52. The third kappa shape index (κ3) is 4.12. The average molecular weight is 486 g/mol. The van der Waals surface area contributed by atoms with Crippen LogP contribution in [0.4, 0.5) is 0 Å². The van der Waals surface area contributed by atoms with Crippen LogP contribution >= 0.6 is 0 Å². The Morgan fingerprint density at radius 1 is 1.12 bits per heavy atom. The number of sulfone groups is 1. The number of ether oxygens (including phenoxy) is 1. The van der Waals surface area contributed by atoms with E-state index >= 15 is 0 Å². The summed E-state index contributed by atoms with van der Waals surface area (Å²) in [4.78, 5) is 31.4. The summed E-state index contributed by atoms with van der Waals surface area (Å²) in [5.41, 5.74) is 2.28. The van der Waals surface area contributed by atoms with Gasteiger partial charge in [0, 0.05) is 44.1 Å². The van der Waals surface area contributed by atoms with E-state index in [4.69, 9.17) is 9.57 Å². The number of oxime groups is 1. The highest BCUT2D eigenvalue weighted by Gasteiger charge is 2.29. The van der Waals surface area contributed by atoms with Gasteiger partial charge in [-0.25, -0.2) is 17.9 Å². The Morgan fingerprint density at radius 3 is 2.44 bits per heavy atom. The number of hydrogen-bond acceptors (Lipinski definition) is 9. The van der Waals surface area contributed by atoms with Gasteiger partial charge in [0.2, 0.25) is 5.88 Å². The molecule has 1 aromatic carbocycles. The van der Waals surface area contributed by atoms with Gasteiger partial charge >= 0.3 is 5.97 Å². The molecule has 11 nitrogen and oxygen atoms in total. The molecule has 0 aliphatic carbocycles. The fraction of sp³-hybridized carbons (Fsp3) is 0.318. The molecule has 0 saturated heterocycles. The van der Waals surface area contributed by atoms with Crippen LogP contribution < -0.4 is 4.74 Å². The highest BCUT2D eigenvalue weighted by molar-refractivity contribution is 7.90. The van der Waals surface area contributed by atoms with E-state index in [2.05, 4.69) is 15.4 Å². The molecule has 0 saturated carbocycles. The smallest absolute Gasteiger partial charge is 0.348 e. The van der Waals surface area contributed by atoms with Crippen molar-refractivity contribution in [1.82, 2.24) is 19.6 Å². The first-order valence-corrected chi connectivity index (χ1v) is 12.2. The lowest BCUT2D eigenvalue weighted by molar-refractivity contribution is 0.0717. The van der Waals surface area contributed by atoms with Gasteiger partial charge in [0.1, 0.15) is 17.7 Å². The van der Waals surface area contributed by atoms with E-state index in [1.807, 2.05) is 0 Å². The zero-order chi connectivity index (χ0) is 24.8. The Hall–Kier alpha value is -3.80. The molecule has 4 rings (SSSR count). The van der Waals surface area contributed by atoms with E-state index in [0.29, 0.717) is 35.6 Å². The summed E-state index contributed by atoms with van der Waals surface area (Å²) in [5, 5.41) is 12.2. The van der Waals surface area contributed by atoms with Crippen LogP contribution in [0.1, 0.15) is 49.5 Å². The highest BCUT2D eigenvalue weighted by atomic mass is 32.2. The van der Waals surface area contributed by atoms with Crippen LogP contribution in [0.3, 0.4) is 0 Å². The van der Waals surface area contributed by atoms with E-state index in [1.54, 1.807) is 27.9 Å². The van der Waals surface area contributed by atoms with Gasteiger partial charge in [0.15, 0.2) is 15.6 Å². The second-order valence-electron chi connectivity index (χ2n) is 8.01. The van der Waals surface area contributed by atoms with Crippen molar-refractivity contribution in [3.63, 3.8) is 0 Å². The van der Waals surface area contributed by atoms with E-state index in [9.17, 15) is 18.0 Å². The zero-order valence-electron chi connectivity index (χ0n) is 19.3. The summed E-state index contributed by atoms with van der Waals surface area (Å²) < 4.78 is 33.1. The molecule has 34 heavy (non-hydrogen) atoms. The molecular formula is C22H23N5O6S. The molecule has 0 unspecified atom stereocenters. The number of ketones is 1. The highest BCUT2D eigenvalue weighted by Crippen LogP contribution is 2.30. The first-order chi connectivity index (χ1) is 16.0. The fourth-order valence-corrected chi connectivity index (χ4v) is 4.83. The Bertz CT molecular complexity index is 1460. The third-order valence-corrected chi connectivity index (χ3v) is 6.66. The van der Waals surface area contributed by atoms with Crippen molar-refractivity contribution in [1.29, 1.82) is 0 Å². The summed E-state index contributed by atoms with van der Waals surface area (Å²) in [7, 11) is -0.364. The number of hydrogen-bond donors (Lipinski definition) is 0. The minimum Gasteiger partial charge on any atom is -0.403 e. The Labute approximate surface area is 195 Å². The van der Waals surface area contributed by atoms with Gasteiger partial charge < -0.3 is 9.57 Å². The van der Waals surface area contributed by atoms with E-state index in [1.165, 1.54) is 33.9 Å². The maximum absolute atomic E-state index is 13.5. The lowest BCUT2D eigenvalue weighted by Crippen LogP contribution is -2.16. The number of nitrogens with zero attached hydrogens (tertiary/aromatic N) is 5. The molecule has 0 atom stereocenters. The average Bonchev–Trinajstić information content (AvgIpc) is 3.48. The topological polar surface area (TPSA) is 135 Å². The van der Waals surface area contributed by atoms with Crippen molar-refractivity contribution >= 4 is 27.3 Å². The summed E-state index contributed by atoms with van der Waals surface area (Å²) >= 11 is 0. The lowest BCUT2D eigenvalue weighted by Gasteiger charge is -2.14. The van der Waals surface area contributed by atoms with Crippen molar-refractivity contribution in [2.75, 3.05) is 12.9 Å². The van der Waals surface area contributed by atoms with Crippen LogP contribution in [0.15, 0.2) is 34.6 Å². The minimum absolute atomic E-state index is 0.0343. The molecule has 1 aliphatic heterocycles. The summed E-state index contributed by atoms with van der Waals surface area (Å²) in [6.07, 6.45) is 4.35. The van der Waals surface area contributed by atoms with Gasteiger partial charge in [-0.1, -0.05) is 5.16 Å². The molecule has 12 heteroatoms. The minimum atomic E-state index is -3.59. The molecule has 0 radical (unpaired) electrons. The van der Waals surface area contributed by atoms with Gasteiger partial charge in [-0.05, 0) is 31.5 Å². The van der Waals surface area contributed by atoms with Crippen LogP contribution in [-0.2, 0) is 28.8 Å². The number of esters is 1. The monoisotopic (exact) mass is 485 g/mol. The van der Waals surface area contributed by atoms with Crippen LogP contribution in [0.2, 0.25) is 0 Å². The molecule has 0 amide bonds. The van der Waals surface area contributed by atoms with Gasteiger partial charge in [0.25, 0.3) is 0 Å². The molecular weight excluding hydrogens is 462 g/mol. The molecule has 1 aliphatic rings. The van der Waals surface area contributed by atoms with Crippen LogP contribution in [0, 0.1) is 13.8 Å². The van der Waals surface area contributed by atoms with E-state index in [0.717, 1.165) is 6.26 Å².